The molecule has 2 saturated carbocycles. The molecule has 0 amide bonds. The van der Waals surface area contributed by atoms with Crippen LogP contribution < -0.4 is 0 Å². The number of hydrogen-bond acceptors (Lipinski definition) is 11. The monoisotopic (exact) mass is 614 g/mol. The van der Waals surface area contributed by atoms with Gasteiger partial charge in [0.15, 0.2) is 12.6 Å². The molecule has 7 N–H and O–H groups in total. The highest BCUT2D eigenvalue weighted by atomic mass is 16.8. The molecule has 0 spiro atoms. The lowest BCUT2D eigenvalue weighted by atomic mass is 9.46. The molecular formula is C32H54O11. The molecule has 4 aliphatic rings. The van der Waals surface area contributed by atoms with Crippen molar-refractivity contribution in [2.75, 3.05) is 13.2 Å². The summed E-state index contributed by atoms with van der Waals surface area (Å²) in [5, 5.41) is 72.9. The van der Waals surface area contributed by atoms with Crippen LogP contribution in [0.2, 0.25) is 0 Å². The number of fused-ring (bicyclic) bond motifs is 1. The predicted molar refractivity (Wildman–Crippen MR) is 156 cm³/mol. The van der Waals surface area contributed by atoms with Gasteiger partial charge in [-0.15, -0.1) is 6.58 Å². The van der Waals surface area contributed by atoms with Gasteiger partial charge in [-0.1, -0.05) is 38.5 Å². The molecule has 2 heterocycles. The van der Waals surface area contributed by atoms with E-state index in [1.54, 1.807) is 13.0 Å². The summed E-state index contributed by atoms with van der Waals surface area (Å²) in [5.41, 5.74) is -0.0910. The van der Waals surface area contributed by atoms with E-state index < -0.39 is 73.6 Å². The summed E-state index contributed by atoms with van der Waals surface area (Å²) in [6.07, 6.45) is -5.88. The topological polar surface area (TPSA) is 179 Å². The Bertz CT molecular complexity index is 975. The van der Waals surface area contributed by atoms with Gasteiger partial charge in [0, 0.05) is 0 Å². The number of ether oxygens (including phenoxy) is 4. The second-order valence-electron chi connectivity index (χ2n) is 14.2. The second kappa shape index (κ2) is 13.4. The van der Waals surface area contributed by atoms with Crippen molar-refractivity contribution >= 4 is 0 Å². The normalized spacial score (nSPS) is 48.8. The van der Waals surface area contributed by atoms with Gasteiger partial charge in [0.2, 0.25) is 0 Å². The van der Waals surface area contributed by atoms with Crippen molar-refractivity contribution in [1.82, 2.24) is 0 Å². The molecule has 0 bridgehead atoms. The summed E-state index contributed by atoms with van der Waals surface area (Å²) in [6.45, 7) is 15.7. The molecule has 11 heteroatoms. The van der Waals surface area contributed by atoms with E-state index in [1.165, 1.54) is 12.5 Å². The maximum absolute atomic E-state index is 11.0. The van der Waals surface area contributed by atoms with E-state index in [4.69, 9.17) is 18.9 Å². The standard InChI is InChI=1S/C32H54O11/c1-7-31(5,39)14-11-19-17(2)9-10-21-30(4,12-8-13-32(19,21)6)16-40-29-27(25(37)23(35)20(15-33)42-29)43-28-26(38)24(36)22(34)18(3)41-28/h7,18-29,33-39H,1-2,8-16H2,3-6H3/t18-,19-,20+,21-,22-,23+,24+,25-,26+,27+,28-,29+,30-,31-,32+/m0/s1. The molecule has 0 aromatic heterocycles. The van der Waals surface area contributed by atoms with Gasteiger partial charge in [-0.3, -0.25) is 0 Å². The van der Waals surface area contributed by atoms with Gasteiger partial charge in [0.1, 0.15) is 42.7 Å². The maximum Gasteiger partial charge on any atom is 0.187 e. The summed E-state index contributed by atoms with van der Waals surface area (Å²) < 4.78 is 23.7. The van der Waals surface area contributed by atoms with Crippen molar-refractivity contribution < 1.29 is 54.7 Å². The van der Waals surface area contributed by atoms with Crippen molar-refractivity contribution in [1.29, 1.82) is 0 Å². The highest BCUT2D eigenvalue weighted by Crippen LogP contribution is 2.62. The van der Waals surface area contributed by atoms with Crippen LogP contribution in [0.4, 0.5) is 0 Å². The van der Waals surface area contributed by atoms with Gasteiger partial charge in [-0.2, -0.15) is 0 Å². The summed E-state index contributed by atoms with van der Waals surface area (Å²) in [5.74, 6) is 0.495. The molecule has 15 atom stereocenters. The zero-order valence-corrected chi connectivity index (χ0v) is 26.0. The van der Waals surface area contributed by atoms with E-state index in [9.17, 15) is 35.7 Å². The van der Waals surface area contributed by atoms with E-state index >= 15 is 0 Å². The third-order valence-corrected chi connectivity index (χ3v) is 11.0. The smallest absolute Gasteiger partial charge is 0.187 e. The first-order valence-corrected chi connectivity index (χ1v) is 15.7. The van der Waals surface area contributed by atoms with Crippen molar-refractivity contribution in [3.63, 3.8) is 0 Å². The molecule has 2 aliphatic heterocycles. The molecule has 0 aromatic rings. The van der Waals surface area contributed by atoms with E-state index in [0.29, 0.717) is 6.42 Å². The van der Waals surface area contributed by atoms with Gasteiger partial charge in [-0.25, -0.2) is 0 Å². The Labute approximate surface area is 255 Å². The highest BCUT2D eigenvalue weighted by Gasteiger charge is 2.56. The highest BCUT2D eigenvalue weighted by molar-refractivity contribution is 5.17. The van der Waals surface area contributed by atoms with Gasteiger partial charge in [0.05, 0.1) is 24.9 Å². The van der Waals surface area contributed by atoms with Crippen LogP contribution in [0.3, 0.4) is 0 Å². The fourth-order valence-corrected chi connectivity index (χ4v) is 8.22. The lowest BCUT2D eigenvalue weighted by Gasteiger charge is -2.59. The summed E-state index contributed by atoms with van der Waals surface area (Å²) in [6, 6.07) is 0. The minimum Gasteiger partial charge on any atom is -0.394 e. The summed E-state index contributed by atoms with van der Waals surface area (Å²) in [4.78, 5) is 0. The first-order valence-electron chi connectivity index (χ1n) is 15.7. The van der Waals surface area contributed by atoms with Crippen LogP contribution in [-0.4, -0.2) is 116 Å². The van der Waals surface area contributed by atoms with Crippen molar-refractivity contribution in [2.24, 2.45) is 22.7 Å². The van der Waals surface area contributed by atoms with Crippen LogP contribution in [-0.2, 0) is 18.9 Å². The van der Waals surface area contributed by atoms with Crippen molar-refractivity contribution in [2.45, 2.75) is 140 Å². The van der Waals surface area contributed by atoms with Gasteiger partial charge in [-0.05, 0) is 75.0 Å². The van der Waals surface area contributed by atoms with Crippen LogP contribution >= 0.6 is 0 Å². The first kappa shape index (κ1) is 34.9. The Morgan fingerprint density at radius 1 is 1.00 bits per heavy atom. The zero-order chi connectivity index (χ0) is 31.9. The van der Waals surface area contributed by atoms with Crippen LogP contribution in [0.1, 0.15) is 72.6 Å². The second-order valence-corrected chi connectivity index (χ2v) is 14.2. The lowest BCUT2D eigenvalue weighted by Crippen LogP contribution is -2.64. The average Bonchev–Trinajstić information content (AvgIpc) is 2.96. The third kappa shape index (κ3) is 6.92. The van der Waals surface area contributed by atoms with E-state index in [0.717, 1.165) is 38.5 Å². The first-order chi connectivity index (χ1) is 20.1. The molecule has 248 valence electrons. The number of allylic oxidation sites excluding steroid dienone is 1. The minimum absolute atomic E-state index is 0.0667. The minimum atomic E-state index is -1.63. The molecule has 0 unspecified atom stereocenters. The van der Waals surface area contributed by atoms with Crippen LogP contribution in [0, 0.1) is 22.7 Å². The fourth-order valence-electron chi connectivity index (χ4n) is 8.22. The van der Waals surface area contributed by atoms with Crippen LogP contribution in [0.25, 0.3) is 0 Å². The van der Waals surface area contributed by atoms with E-state index in [1.807, 2.05) is 0 Å². The van der Waals surface area contributed by atoms with E-state index in [2.05, 4.69) is 27.0 Å². The molecular weight excluding hydrogens is 560 g/mol. The third-order valence-electron chi connectivity index (χ3n) is 11.0. The Kier molecular flexibility index (Phi) is 10.9. The molecule has 2 aliphatic carbocycles. The molecule has 0 radical (unpaired) electrons. The Hall–Kier alpha value is -0.960. The van der Waals surface area contributed by atoms with Gasteiger partial charge < -0.3 is 54.7 Å². The fraction of sp³-hybridized carbons (Fsp3) is 0.875. The van der Waals surface area contributed by atoms with Crippen molar-refractivity contribution in [3.05, 3.63) is 24.8 Å². The van der Waals surface area contributed by atoms with Gasteiger partial charge in [0.25, 0.3) is 0 Å². The van der Waals surface area contributed by atoms with E-state index in [-0.39, 0.29) is 29.3 Å². The number of rotatable bonds is 10. The molecule has 4 fully saturated rings. The zero-order valence-electron chi connectivity index (χ0n) is 26.0. The van der Waals surface area contributed by atoms with Crippen LogP contribution in [0.15, 0.2) is 24.8 Å². The maximum atomic E-state index is 11.0. The summed E-state index contributed by atoms with van der Waals surface area (Å²) in [7, 11) is 0. The summed E-state index contributed by atoms with van der Waals surface area (Å²) >= 11 is 0. The SMILES string of the molecule is C=C[C@](C)(O)CC[C@H]1C(=C)CC[C@H]2[C@](C)(CO[C@@H]3O[C@H](CO)[C@@H](O)[C@H](O)[C@H]3O[C@@H]3O[C@@H](C)[C@H](O)[C@@H](O)[C@H]3O)CCC[C@]12C. The molecule has 0 aromatic carbocycles. The number of aliphatic hydroxyl groups is 7. The predicted octanol–water partition coefficient (Wildman–Crippen LogP) is 1.15. The van der Waals surface area contributed by atoms with Gasteiger partial charge >= 0.3 is 0 Å². The lowest BCUT2D eigenvalue weighted by molar-refractivity contribution is -0.367. The quantitative estimate of drug-likeness (QED) is 0.176. The average molecular weight is 615 g/mol. The Morgan fingerprint density at radius 3 is 2.35 bits per heavy atom. The van der Waals surface area contributed by atoms with Crippen molar-refractivity contribution in [3.8, 4) is 0 Å². The molecule has 4 rings (SSSR count). The molecule has 2 saturated heterocycles. The largest absolute Gasteiger partial charge is 0.394 e. The molecule has 43 heavy (non-hydrogen) atoms. The Balaban J connectivity index is 1.53. The van der Waals surface area contributed by atoms with Crippen LogP contribution in [0.5, 0.6) is 0 Å². The number of hydrogen-bond donors (Lipinski definition) is 7. The number of aliphatic hydroxyl groups excluding tert-OH is 6. The Morgan fingerprint density at radius 2 is 1.70 bits per heavy atom. The molecule has 11 nitrogen and oxygen atoms in total.